The first kappa shape index (κ1) is 28.3. The van der Waals surface area contributed by atoms with E-state index in [0.29, 0.717) is 30.6 Å². The first-order chi connectivity index (χ1) is 18.4. The quantitative estimate of drug-likeness (QED) is 0.318. The van der Waals surface area contributed by atoms with E-state index in [2.05, 4.69) is 58.5 Å². The number of carbonyl (C=O) groups excluding carboxylic acids is 2. The Morgan fingerprint density at radius 3 is 2.66 bits per heavy atom. The Labute approximate surface area is 231 Å². The highest BCUT2D eigenvalue weighted by atomic mass is 32.1. The van der Waals surface area contributed by atoms with Crippen LogP contribution in [-0.2, 0) is 11.2 Å². The van der Waals surface area contributed by atoms with Crippen LogP contribution < -0.4 is 10.6 Å². The van der Waals surface area contributed by atoms with Gasteiger partial charge >= 0.3 is 0 Å². The van der Waals surface area contributed by atoms with Gasteiger partial charge in [-0.3, -0.25) is 9.59 Å². The first-order valence-corrected chi connectivity index (χ1v) is 15.1. The largest absolute Gasteiger partial charge is 0.353 e. The lowest BCUT2D eigenvalue weighted by Crippen LogP contribution is -2.51. The summed E-state index contributed by atoms with van der Waals surface area (Å²) in [4.78, 5) is 34.9. The number of aromatic nitrogens is 2. The van der Waals surface area contributed by atoms with Gasteiger partial charge in [-0.1, -0.05) is 39.7 Å². The number of fused-ring (bicyclic) bond motifs is 1. The second kappa shape index (κ2) is 13.4. The van der Waals surface area contributed by atoms with Crippen molar-refractivity contribution in [2.75, 3.05) is 20.1 Å². The molecule has 2 amide bonds. The summed E-state index contributed by atoms with van der Waals surface area (Å²) in [5.41, 5.74) is 2.42. The molecule has 1 aliphatic heterocycles. The molecule has 2 atom stereocenters. The fourth-order valence-electron chi connectivity index (χ4n) is 5.59. The van der Waals surface area contributed by atoms with E-state index in [1.165, 1.54) is 17.7 Å². The Hall–Kier alpha value is -2.71. The molecule has 0 spiro atoms. The highest BCUT2D eigenvalue weighted by Crippen LogP contribution is 2.28. The van der Waals surface area contributed by atoms with Crippen LogP contribution in [0.3, 0.4) is 0 Å². The monoisotopic (exact) mass is 537 g/mol. The summed E-state index contributed by atoms with van der Waals surface area (Å²) < 4.78 is 2.35. The summed E-state index contributed by atoms with van der Waals surface area (Å²) in [6.45, 7) is 8.15. The molecule has 206 valence electrons. The zero-order chi connectivity index (χ0) is 27.1. The number of rotatable bonds is 12. The minimum atomic E-state index is -0.548. The van der Waals surface area contributed by atoms with Crippen LogP contribution in [0.2, 0.25) is 0 Å². The molecule has 4 rings (SSSR count). The number of nitrogens with one attached hydrogen (secondary N) is 2. The number of piperidine rings is 1. The highest BCUT2D eigenvalue weighted by molar-refractivity contribution is 7.09. The Balaban J connectivity index is 1.51. The molecule has 3 aromatic rings. The standard InChI is InChI=1S/C30H43N5O2S/c1-5-11-25(30(37)31-20-23-12-8-9-16-34(23)4)33-29(36)21-14-15-27-26(18-21)32-28(19-24-13-10-17-38-24)35(27)22(6-2)7-3/h10,13-15,17-18,22-23,25H,5-9,11-12,16,19-20H2,1-4H3,(H,31,37)(H,33,36)/t23?,25-/m0/s1. The van der Waals surface area contributed by atoms with Crippen molar-refractivity contribution in [1.29, 1.82) is 0 Å². The van der Waals surface area contributed by atoms with Gasteiger partial charge in [0.25, 0.3) is 5.91 Å². The van der Waals surface area contributed by atoms with Gasteiger partial charge in [-0.05, 0) is 75.3 Å². The molecule has 1 aromatic carbocycles. The summed E-state index contributed by atoms with van der Waals surface area (Å²) in [7, 11) is 2.12. The van der Waals surface area contributed by atoms with E-state index in [4.69, 9.17) is 4.98 Å². The Kier molecular flexibility index (Phi) is 9.97. The van der Waals surface area contributed by atoms with Crippen molar-refractivity contribution in [3.05, 3.63) is 52.0 Å². The summed E-state index contributed by atoms with van der Waals surface area (Å²) in [6, 6.07) is 10.1. The van der Waals surface area contributed by atoms with Crippen LogP contribution >= 0.6 is 11.3 Å². The first-order valence-electron chi connectivity index (χ1n) is 14.3. The van der Waals surface area contributed by atoms with Crippen LogP contribution in [0.5, 0.6) is 0 Å². The zero-order valence-corrected chi connectivity index (χ0v) is 24.2. The summed E-state index contributed by atoms with van der Waals surface area (Å²) >= 11 is 1.74. The van der Waals surface area contributed by atoms with Crippen molar-refractivity contribution in [3.63, 3.8) is 0 Å². The van der Waals surface area contributed by atoms with Crippen molar-refractivity contribution >= 4 is 34.2 Å². The second-order valence-electron chi connectivity index (χ2n) is 10.5. The summed E-state index contributed by atoms with van der Waals surface area (Å²) in [5, 5.41) is 8.20. The fraction of sp³-hybridized carbons (Fsp3) is 0.567. The number of imidazole rings is 1. The lowest BCUT2D eigenvalue weighted by atomic mass is 10.0. The molecule has 1 fully saturated rings. The van der Waals surface area contributed by atoms with Crippen LogP contribution in [0.25, 0.3) is 11.0 Å². The van der Waals surface area contributed by atoms with Crippen molar-refractivity contribution < 1.29 is 9.59 Å². The Morgan fingerprint density at radius 2 is 1.97 bits per heavy atom. The number of carbonyl (C=O) groups is 2. The van der Waals surface area contributed by atoms with Crippen molar-refractivity contribution in [3.8, 4) is 0 Å². The molecule has 0 aliphatic carbocycles. The minimum absolute atomic E-state index is 0.100. The van der Waals surface area contributed by atoms with Gasteiger partial charge in [-0.15, -0.1) is 11.3 Å². The molecule has 2 N–H and O–H groups in total. The smallest absolute Gasteiger partial charge is 0.252 e. The third kappa shape index (κ3) is 6.64. The molecule has 3 heterocycles. The third-order valence-corrected chi connectivity index (χ3v) is 8.75. The number of likely N-dealkylation sites (tertiary alicyclic amines) is 1. The predicted molar refractivity (Wildman–Crippen MR) is 156 cm³/mol. The van der Waals surface area contributed by atoms with Crippen LogP contribution in [-0.4, -0.2) is 58.5 Å². The van der Waals surface area contributed by atoms with Crippen LogP contribution in [0.1, 0.15) is 92.8 Å². The molecule has 1 aliphatic rings. The van der Waals surface area contributed by atoms with Crippen LogP contribution in [0, 0.1) is 0 Å². The van der Waals surface area contributed by atoms with Crippen molar-refractivity contribution in [1.82, 2.24) is 25.1 Å². The van der Waals surface area contributed by atoms with E-state index < -0.39 is 6.04 Å². The maximum absolute atomic E-state index is 13.3. The van der Waals surface area contributed by atoms with E-state index >= 15 is 0 Å². The molecule has 1 unspecified atom stereocenters. The van der Waals surface area contributed by atoms with Gasteiger partial charge in [0.15, 0.2) is 0 Å². The second-order valence-corrected chi connectivity index (χ2v) is 11.6. The summed E-state index contributed by atoms with van der Waals surface area (Å²) in [5.74, 6) is 0.702. The van der Waals surface area contributed by atoms with Gasteiger partial charge in [0.1, 0.15) is 11.9 Å². The molecule has 7 nitrogen and oxygen atoms in total. The number of nitrogens with zero attached hydrogens (tertiary/aromatic N) is 3. The van der Waals surface area contributed by atoms with Gasteiger partial charge < -0.3 is 20.1 Å². The van der Waals surface area contributed by atoms with Crippen LogP contribution in [0.15, 0.2) is 35.7 Å². The minimum Gasteiger partial charge on any atom is -0.353 e. The third-order valence-electron chi connectivity index (χ3n) is 7.88. The molecular formula is C30H43N5O2S. The van der Waals surface area contributed by atoms with Gasteiger partial charge in [-0.2, -0.15) is 0 Å². The summed E-state index contributed by atoms with van der Waals surface area (Å²) in [6.07, 6.45) is 7.74. The van der Waals surface area contributed by atoms with E-state index in [1.807, 2.05) is 25.1 Å². The lowest BCUT2D eigenvalue weighted by Gasteiger charge is -2.33. The molecular weight excluding hydrogens is 494 g/mol. The van der Waals surface area contributed by atoms with E-state index in [0.717, 1.165) is 55.5 Å². The molecule has 38 heavy (non-hydrogen) atoms. The van der Waals surface area contributed by atoms with Crippen LogP contribution in [0.4, 0.5) is 0 Å². The topological polar surface area (TPSA) is 79.3 Å². The number of amides is 2. The molecule has 0 saturated carbocycles. The Bertz CT molecular complexity index is 1200. The average Bonchev–Trinajstić information content (AvgIpc) is 3.56. The van der Waals surface area contributed by atoms with Crippen molar-refractivity contribution in [2.45, 2.75) is 90.3 Å². The average molecular weight is 538 g/mol. The van der Waals surface area contributed by atoms with Crippen molar-refractivity contribution in [2.24, 2.45) is 0 Å². The molecule has 8 heteroatoms. The lowest BCUT2D eigenvalue weighted by molar-refractivity contribution is -0.123. The molecule has 0 radical (unpaired) electrons. The highest BCUT2D eigenvalue weighted by Gasteiger charge is 2.25. The maximum atomic E-state index is 13.3. The van der Waals surface area contributed by atoms with Gasteiger partial charge in [0, 0.05) is 35.5 Å². The van der Waals surface area contributed by atoms with E-state index in [9.17, 15) is 9.59 Å². The van der Waals surface area contributed by atoms with Gasteiger partial charge in [-0.25, -0.2) is 4.98 Å². The predicted octanol–water partition coefficient (Wildman–Crippen LogP) is 5.55. The number of likely N-dealkylation sites (N-methyl/N-ethyl adjacent to an activating group) is 1. The Morgan fingerprint density at radius 1 is 1.16 bits per heavy atom. The molecule has 0 bridgehead atoms. The number of benzene rings is 1. The normalized spacial score (nSPS) is 17.1. The van der Waals surface area contributed by atoms with Gasteiger partial charge in [0.05, 0.1) is 11.0 Å². The van der Waals surface area contributed by atoms with E-state index in [-0.39, 0.29) is 11.8 Å². The number of thiophene rings is 1. The van der Waals surface area contributed by atoms with Gasteiger partial charge in [0.2, 0.25) is 5.91 Å². The molecule has 2 aromatic heterocycles. The maximum Gasteiger partial charge on any atom is 0.252 e. The number of hydrogen-bond donors (Lipinski definition) is 2. The van der Waals surface area contributed by atoms with E-state index in [1.54, 1.807) is 11.3 Å². The zero-order valence-electron chi connectivity index (χ0n) is 23.3. The molecule has 1 saturated heterocycles. The number of hydrogen-bond acceptors (Lipinski definition) is 5. The SMILES string of the molecule is CCC[C@H](NC(=O)c1ccc2c(c1)nc(Cc1cccs1)n2C(CC)CC)C(=O)NCC1CCCCN1C. The fourth-order valence-corrected chi connectivity index (χ4v) is 6.29.